The Bertz CT molecular complexity index is 690. The van der Waals surface area contributed by atoms with Crippen LogP contribution in [-0.2, 0) is 5.41 Å². The molecule has 0 N–H and O–H groups in total. The number of carbonyl (C=O) groups excluding carboxylic acids is 1. The number of nitriles is 1. The fourth-order valence-electron chi connectivity index (χ4n) is 2.86. The summed E-state index contributed by atoms with van der Waals surface area (Å²) in [6, 6.07) is 16.9. The lowest BCUT2D eigenvalue weighted by Gasteiger charge is -2.28. The molecule has 1 atom stereocenters. The Morgan fingerprint density at radius 2 is 1.79 bits per heavy atom. The number of carbonyl (C=O) groups is 1. The zero-order valence-electron chi connectivity index (χ0n) is 14.3. The summed E-state index contributed by atoms with van der Waals surface area (Å²) in [6.07, 6.45) is 2.04. The second-order valence-corrected chi connectivity index (χ2v) is 5.70. The van der Waals surface area contributed by atoms with Gasteiger partial charge in [0.2, 0.25) is 5.78 Å². The highest BCUT2D eigenvalue weighted by atomic mass is 16.1. The van der Waals surface area contributed by atoms with Gasteiger partial charge in [-0.05, 0) is 37.2 Å². The van der Waals surface area contributed by atoms with Gasteiger partial charge in [0, 0.05) is 12.7 Å². The van der Waals surface area contributed by atoms with E-state index < -0.39 is 5.41 Å². The van der Waals surface area contributed by atoms with Crippen LogP contribution in [0.1, 0.15) is 36.3 Å². The van der Waals surface area contributed by atoms with Crippen molar-refractivity contribution in [3.63, 3.8) is 0 Å². The summed E-state index contributed by atoms with van der Waals surface area (Å²) >= 11 is 0. The molecule has 0 radical (unpaired) electrons. The van der Waals surface area contributed by atoms with Gasteiger partial charge < -0.3 is 4.90 Å². The maximum absolute atomic E-state index is 13.2. The van der Waals surface area contributed by atoms with Crippen molar-refractivity contribution in [1.82, 2.24) is 9.88 Å². The molecule has 0 aliphatic carbocycles. The van der Waals surface area contributed by atoms with E-state index in [0.717, 1.165) is 18.7 Å². The summed E-state index contributed by atoms with van der Waals surface area (Å²) in [5.41, 5.74) is -0.143. The van der Waals surface area contributed by atoms with Gasteiger partial charge in [-0.15, -0.1) is 0 Å². The molecule has 0 saturated heterocycles. The van der Waals surface area contributed by atoms with Crippen molar-refractivity contribution in [1.29, 1.82) is 5.26 Å². The Morgan fingerprint density at radius 3 is 2.33 bits per heavy atom. The summed E-state index contributed by atoms with van der Waals surface area (Å²) in [5.74, 6) is -0.232. The molecule has 4 nitrogen and oxygen atoms in total. The third kappa shape index (κ3) is 3.69. The Kier molecular flexibility index (Phi) is 6.22. The molecule has 0 bridgehead atoms. The summed E-state index contributed by atoms with van der Waals surface area (Å²) in [6.45, 7) is 6.64. The maximum Gasteiger partial charge on any atom is 0.205 e. The minimum Gasteiger partial charge on any atom is -0.304 e. The minimum absolute atomic E-state index is 0.232. The number of ketones is 1. The summed E-state index contributed by atoms with van der Waals surface area (Å²) < 4.78 is 0. The fourth-order valence-corrected chi connectivity index (χ4v) is 2.86. The van der Waals surface area contributed by atoms with Crippen LogP contribution in [0.25, 0.3) is 0 Å². The number of pyridine rings is 1. The van der Waals surface area contributed by atoms with E-state index in [1.54, 1.807) is 24.4 Å². The van der Waals surface area contributed by atoms with Crippen LogP contribution in [0, 0.1) is 11.3 Å². The van der Waals surface area contributed by atoms with Crippen molar-refractivity contribution in [3.8, 4) is 6.07 Å². The van der Waals surface area contributed by atoms with Crippen LogP contribution in [-0.4, -0.2) is 35.3 Å². The van der Waals surface area contributed by atoms with Crippen LogP contribution in [0.15, 0.2) is 54.7 Å². The second-order valence-electron chi connectivity index (χ2n) is 5.70. The van der Waals surface area contributed by atoms with Gasteiger partial charge in [0.25, 0.3) is 0 Å². The van der Waals surface area contributed by atoms with Crippen LogP contribution in [0.3, 0.4) is 0 Å². The molecule has 1 aromatic heterocycles. The van der Waals surface area contributed by atoms with Gasteiger partial charge in [-0.2, -0.15) is 5.26 Å². The number of Topliss-reactive ketones (excluding diaryl/α,β-unsaturated/α-hetero) is 1. The number of aromatic nitrogens is 1. The molecule has 4 heteroatoms. The lowest BCUT2D eigenvalue weighted by atomic mass is 9.74. The zero-order valence-corrected chi connectivity index (χ0v) is 14.3. The smallest absolute Gasteiger partial charge is 0.205 e. The molecular formula is C20H23N3O. The highest BCUT2D eigenvalue weighted by molar-refractivity contribution is 6.04. The predicted octanol–water partition coefficient (Wildman–Crippen LogP) is 3.46. The van der Waals surface area contributed by atoms with E-state index in [-0.39, 0.29) is 5.78 Å². The number of nitrogens with zero attached hydrogens (tertiary/aromatic N) is 3. The second kappa shape index (κ2) is 8.37. The van der Waals surface area contributed by atoms with Crippen LogP contribution >= 0.6 is 0 Å². The first kappa shape index (κ1) is 17.8. The molecule has 2 rings (SSSR count). The van der Waals surface area contributed by atoms with Gasteiger partial charge >= 0.3 is 0 Å². The van der Waals surface area contributed by atoms with Gasteiger partial charge in [0.1, 0.15) is 11.1 Å². The SMILES string of the molecule is CCN(CC)CC[C@@](C#N)(C(=O)c1ccccn1)c1ccccc1. The molecular weight excluding hydrogens is 298 g/mol. The average Bonchev–Trinajstić information content (AvgIpc) is 2.67. The third-order valence-corrected chi connectivity index (χ3v) is 4.44. The van der Waals surface area contributed by atoms with E-state index in [2.05, 4.69) is 29.8 Å². The molecule has 2 aromatic rings. The lowest BCUT2D eigenvalue weighted by molar-refractivity contribution is 0.0900. The molecule has 0 aliphatic rings. The van der Waals surface area contributed by atoms with Gasteiger partial charge in [-0.25, -0.2) is 0 Å². The van der Waals surface area contributed by atoms with Crippen LogP contribution in [0.4, 0.5) is 0 Å². The van der Waals surface area contributed by atoms with E-state index in [0.29, 0.717) is 18.7 Å². The van der Waals surface area contributed by atoms with E-state index in [9.17, 15) is 10.1 Å². The van der Waals surface area contributed by atoms with E-state index in [4.69, 9.17) is 0 Å². The topological polar surface area (TPSA) is 57.0 Å². The first-order chi connectivity index (χ1) is 11.7. The van der Waals surface area contributed by atoms with Gasteiger partial charge in [0.15, 0.2) is 0 Å². The maximum atomic E-state index is 13.2. The number of rotatable bonds is 8. The fraction of sp³-hybridized carbons (Fsp3) is 0.350. The Morgan fingerprint density at radius 1 is 1.12 bits per heavy atom. The normalized spacial score (nSPS) is 13.2. The summed E-state index contributed by atoms with van der Waals surface area (Å²) in [4.78, 5) is 19.6. The van der Waals surface area contributed by atoms with E-state index >= 15 is 0 Å². The molecule has 0 spiro atoms. The first-order valence-corrected chi connectivity index (χ1v) is 8.33. The number of hydrogen-bond acceptors (Lipinski definition) is 4. The molecule has 0 unspecified atom stereocenters. The number of benzene rings is 1. The molecule has 0 amide bonds. The van der Waals surface area contributed by atoms with E-state index in [1.807, 2.05) is 30.3 Å². The van der Waals surface area contributed by atoms with Crippen molar-refractivity contribution in [2.45, 2.75) is 25.7 Å². The third-order valence-electron chi connectivity index (χ3n) is 4.44. The summed E-state index contributed by atoms with van der Waals surface area (Å²) in [5, 5.41) is 10.0. The minimum atomic E-state index is -1.21. The molecule has 0 aliphatic heterocycles. The predicted molar refractivity (Wildman–Crippen MR) is 94.7 cm³/mol. The van der Waals surface area contributed by atoms with Gasteiger partial charge in [0.05, 0.1) is 6.07 Å². The van der Waals surface area contributed by atoms with Gasteiger partial charge in [-0.1, -0.05) is 50.2 Å². The standard InChI is InChI=1S/C20H23N3O/c1-3-23(4-2)15-13-20(16-21,17-10-6-5-7-11-17)19(24)18-12-8-9-14-22-18/h5-12,14H,3-4,13,15H2,1-2H3/t20-/m0/s1. The average molecular weight is 321 g/mol. The monoisotopic (exact) mass is 321 g/mol. The Balaban J connectivity index is 2.44. The largest absolute Gasteiger partial charge is 0.304 e. The highest BCUT2D eigenvalue weighted by Crippen LogP contribution is 2.31. The quantitative estimate of drug-likeness (QED) is 0.699. The molecule has 24 heavy (non-hydrogen) atoms. The first-order valence-electron chi connectivity index (χ1n) is 8.33. The van der Waals surface area contributed by atoms with Crippen LogP contribution in [0.5, 0.6) is 0 Å². The molecule has 1 aromatic carbocycles. The van der Waals surface area contributed by atoms with Crippen LogP contribution < -0.4 is 0 Å². The molecule has 0 fully saturated rings. The van der Waals surface area contributed by atoms with Crippen molar-refractivity contribution >= 4 is 5.78 Å². The lowest BCUT2D eigenvalue weighted by Crippen LogP contribution is -2.39. The van der Waals surface area contributed by atoms with Crippen molar-refractivity contribution < 1.29 is 4.79 Å². The molecule has 1 heterocycles. The zero-order chi connectivity index (χ0) is 17.4. The molecule has 124 valence electrons. The Hall–Kier alpha value is -2.51. The van der Waals surface area contributed by atoms with E-state index in [1.165, 1.54) is 0 Å². The summed E-state index contributed by atoms with van der Waals surface area (Å²) in [7, 11) is 0. The van der Waals surface area contributed by atoms with Crippen molar-refractivity contribution in [3.05, 3.63) is 66.0 Å². The highest BCUT2D eigenvalue weighted by Gasteiger charge is 2.41. The Labute approximate surface area is 143 Å². The van der Waals surface area contributed by atoms with Crippen molar-refractivity contribution in [2.24, 2.45) is 0 Å². The molecule has 0 saturated carbocycles. The van der Waals surface area contributed by atoms with Crippen molar-refractivity contribution in [2.75, 3.05) is 19.6 Å². The van der Waals surface area contributed by atoms with Crippen LogP contribution in [0.2, 0.25) is 0 Å². The van der Waals surface area contributed by atoms with Gasteiger partial charge in [-0.3, -0.25) is 9.78 Å². The number of hydrogen-bond donors (Lipinski definition) is 0.